The molecule has 156 valence electrons. The van der Waals surface area contributed by atoms with Gasteiger partial charge in [0.15, 0.2) is 17.4 Å². The van der Waals surface area contributed by atoms with Crippen LogP contribution in [0.3, 0.4) is 0 Å². The summed E-state index contributed by atoms with van der Waals surface area (Å²) in [6.45, 7) is 2.94. The van der Waals surface area contributed by atoms with Gasteiger partial charge in [0.05, 0.1) is 26.1 Å². The SMILES string of the molecule is CCOP(=O)(Nc1nc2c(ncn2[C@@H]2O[C@H](CO)[C@@H](O)[C@H]2O)c(=O)[nH]1)OCC. The summed E-state index contributed by atoms with van der Waals surface area (Å²) in [5.41, 5.74) is -0.705. The summed E-state index contributed by atoms with van der Waals surface area (Å²) in [4.78, 5) is 22.8. The fraction of sp³-hybridized carbons (Fsp3) is 0.643. The van der Waals surface area contributed by atoms with E-state index in [0.29, 0.717) is 0 Å². The van der Waals surface area contributed by atoms with Gasteiger partial charge in [0, 0.05) is 0 Å². The number of fused-ring (bicyclic) bond motifs is 1. The summed E-state index contributed by atoms with van der Waals surface area (Å²) in [6, 6.07) is 0. The van der Waals surface area contributed by atoms with Crippen LogP contribution in [0.2, 0.25) is 0 Å². The van der Waals surface area contributed by atoms with Crippen LogP contribution in [-0.4, -0.2) is 73.0 Å². The molecule has 0 bridgehead atoms. The highest BCUT2D eigenvalue weighted by Crippen LogP contribution is 2.46. The topological polar surface area (TPSA) is 181 Å². The standard InChI is InChI=1S/C14H22N5O8P/c1-3-25-28(24,26-4-2)18-14-16-11-8(12(23)17-14)15-6-19(11)13-10(22)9(21)7(5-20)27-13/h6-7,9-10,13,20-22H,3-5H2,1-2H3,(H2,16,17,18,23,24)/t7-,9-,10-,13-/m1/s1. The van der Waals surface area contributed by atoms with Crippen LogP contribution in [0.1, 0.15) is 20.1 Å². The number of imidazole rings is 1. The predicted molar refractivity (Wildman–Crippen MR) is 95.6 cm³/mol. The second-order valence-corrected chi connectivity index (χ2v) is 7.65. The molecule has 14 heteroatoms. The fourth-order valence-electron chi connectivity index (χ4n) is 2.85. The van der Waals surface area contributed by atoms with Crippen molar-refractivity contribution in [3.05, 3.63) is 16.7 Å². The van der Waals surface area contributed by atoms with Gasteiger partial charge in [-0.2, -0.15) is 4.98 Å². The summed E-state index contributed by atoms with van der Waals surface area (Å²) in [6.07, 6.45) is -3.65. The van der Waals surface area contributed by atoms with Gasteiger partial charge in [-0.1, -0.05) is 0 Å². The Hall–Kier alpha value is -1.86. The van der Waals surface area contributed by atoms with Crippen molar-refractivity contribution < 1.29 is 33.7 Å². The van der Waals surface area contributed by atoms with Crippen molar-refractivity contribution in [2.45, 2.75) is 38.4 Å². The minimum absolute atomic E-state index is 0.000590. The third kappa shape index (κ3) is 3.82. The normalized spacial score (nSPS) is 25.5. The van der Waals surface area contributed by atoms with Gasteiger partial charge < -0.3 is 20.1 Å². The Morgan fingerprint density at radius 2 is 2.00 bits per heavy atom. The molecule has 0 aromatic carbocycles. The van der Waals surface area contributed by atoms with Gasteiger partial charge in [0.1, 0.15) is 18.3 Å². The van der Waals surface area contributed by atoms with Gasteiger partial charge in [0.25, 0.3) is 5.56 Å². The van der Waals surface area contributed by atoms with Crippen molar-refractivity contribution in [1.29, 1.82) is 0 Å². The maximum absolute atomic E-state index is 12.6. The molecule has 1 aliphatic rings. The molecule has 1 fully saturated rings. The molecule has 1 aliphatic heterocycles. The summed E-state index contributed by atoms with van der Waals surface area (Å²) < 4.78 is 29.5. The molecule has 0 amide bonds. The molecule has 5 N–H and O–H groups in total. The van der Waals surface area contributed by atoms with Crippen molar-refractivity contribution >= 4 is 24.9 Å². The first-order valence-electron chi connectivity index (χ1n) is 8.60. The summed E-state index contributed by atoms with van der Waals surface area (Å²) in [5, 5.41) is 31.8. The molecule has 28 heavy (non-hydrogen) atoms. The lowest BCUT2D eigenvalue weighted by Gasteiger charge is -2.18. The minimum Gasteiger partial charge on any atom is -0.394 e. The van der Waals surface area contributed by atoms with Crippen molar-refractivity contribution in [1.82, 2.24) is 19.5 Å². The molecule has 1 saturated heterocycles. The third-order valence-electron chi connectivity index (χ3n) is 4.06. The van der Waals surface area contributed by atoms with Gasteiger partial charge in [0.2, 0.25) is 5.95 Å². The first kappa shape index (κ1) is 20.9. The molecule has 2 aromatic rings. The zero-order valence-electron chi connectivity index (χ0n) is 15.2. The van der Waals surface area contributed by atoms with E-state index in [0.717, 1.165) is 0 Å². The Morgan fingerprint density at radius 3 is 2.57 bits per heavy atom. The van der Waals surface area contributed by atoms with E-state index in [1.807, 2.05) is 0 Å². The average Bonchev–Trinajstić information content (AvgIpc) is 3.17. The molecule has 4 atom stereocenters. The molecule has 0 spiro atoms. The number of anilines is 1. The number of aliphatic hydroxyl groups excluding tert-OH is 3. The maximum atomic E-state index is 12.6. The van der Waals surface area contributed by atoms with E-state index in [4.69, 9.17) is 13.8 Å². The van der Waals surface area contributed by atoms with E-state index in [-0.39, 0.29) is 30.3 Å². The third-order valence-corrected chi connectivity index (χ3v) is 5.75. The van der Waals surface area contributed by atoms with Gasteiger partial charge in [-0.15, -0.1) is 0 Å². The Labute approximate surface area is 158 Å². The summed E-state index contributed by atoms with van der Waals surface area (Å²) in [7, 11) is -3.76. The Balaban J connectivity index is 2.00. The minimum atomic E-state index is -3.76. The van der Waals surface area contributed by atoms with Crippen LogP contribution in [0.5, 0.6) is 0 Å². The van der Waals surface area contributed by atoms with Crippen LogP contribution in [0.4, 0.5) is 5.95 Å². The first-order chi connectivity index (χ1) is 13.3. The Kier molecular flexibility index (Phi) is 6.15. The number of hydrogen-bond acceptors (Lipinski definition) is 10. The summed E-state index contributed by atoms with van der Waals surface area (Å²) >= 11 is 0. The highest BCUT2D eigenvalue weighted by atomic mass is 31.2. The predicted octanol–water partition coefficient (Wildman–Crippen LogP) is -0.676. The van der Waals surface area contributed by atoms with Crippen molar-refractivity contribution in [2.24, 2.45) is 0 Å². The molecule has 0 aliphatic carbocycles. The maximum Gasteiger partial charge on any atom is 0.435 e. The molecular formula is C14H22N5O8P. The van der Waals surface area contributed by atoms with E-state index in [1.54, 1.807) is 13.8 Å². The Morgan fingerprint density at radius 1 is 1.32 bits per heavy atom. The number of ether oxygens (including phenoxy) is 1. The van der Waals surface area contributed by atoms with Gasteiger partial charge in [-0.05, 0) is 13.8 Å². The Bertz CT molecular complexity index is 922. The zero-order chi connectivity index (χ0) is 20.5. The average molecular weight is 419 g/mol. The lowest BCUT2D eigenvalue weighted by molar-refractivity contribution is -0.0511. The van der Waals surface area contributed by atoms with E-state index >= 15 is 0 Å². The van der Waals surface area contributed by atoms with Crippen LogP contribution in [0.15, 0.2) is 11.1 Å². The molecule has 3 heterocycles. The van der Waals surface area contributed by atoms with Crippen molar-refractivity contribution in [3.63, 3.8) is 0 Å². The number of nitrogens with zero attached hydrogens (tertiary/aromatic N) is 3. The van der Waals surface area contributed by atoms with Crippen LogP contribution >= 0.6 is 7.75 Å². The lowest BCUT2D eigenvalue weighted by atomic mass is 10.1. The van der Waals surface area contributed by atoms with Crippen LogP contribution in [0, 0.1) is 0 Å². The van der Waals surface area contributed by atoms with Gasteiger partial charge >= 0.3 is 7.75 Å². The molecule has 0 radical (unpaired) electrons. The highest BCUT2D eigenvalue weighted by molar-refractivity contribution is 7.55. The molecule has 0 saturated carbocycles. The number of aromatic nitrogens is 4. The van der Waals surface area contributed by atoms with Gasteiger partial charge in [-0.3, -0.25) is 28.5 Å². The summed E-state index contributed by atoms with van der Waals surface area (Å²) in [5.74, 6) is -0.198. The quantitative estimate of drug-likeness (QED) is 0.342. The number of hydrogen-bond donors (Lipinski definition) is 5. The second-order valence-electron chi connectivity index (χ2n) is 5.91. The molecule has 0 unspecified atom stereocenters. The molecule has 2 aromatic heterocycles. The highest BCUT2D eigenvalue weighted by Gasteiger charge is 2.44. The van der Waals surface area contributed by atoms with Crippen molar-refractivity contribution in [2.75, 3.05) is 24.9 Å². The largest absolute Gasteiger partial charge is 0.435 e. The number of aliphatic hydroxyl groups is 3. The second kappa shape index (κ2) is 8.25. The number of H-pyrrole nitrogens is 1. The fourth-order valence-corrected chi connectivity index (χ4v) is 4.10. The van der Waals surface area contributed by atoms with E-state index in [9.17, 15) is 24.7 Å². The molecule has 3 rings (SSSR count). The van der Waals surface area contributed by atoms with Crippen LogP contribution < -0.4 is 10.6 Å². The lowest BCUT2D eigenvalue weighted by Crippen LogP contribution is -2.33. The molecular weight excluding hydrogens is 397 g/mol. The number of rotatable bonds is 8. The monoisotopic (exact) mass is 419 g/mol. The smallest absolute Gasteiger partial charge is 0.394 e. The van der Waals surface area contributed by atoms with Gasteiger partial charge in [-0.25, -0.2) is 9.55 Å². The zero-order valence-corrected chi connectivity index (χ0v) is 16.1. The number of nitrogens with one attached hydrogen (secondary N) is 2. The number of aromatic amines is 1. The van der Waals surface area contributed by atoms with Crippen LogP contribution in [0.25, 0.3) is 11.2 Å². The molecule has 13 nitrogen and oxygen atoms in total. The van der Waals surface area contributed by atoms with Crippen LogP contribution in [-0.2, 0) is 18.3 Å². The van der Waals surface area contributed by atoms with E-state index in [2.05, 4.69) is 20.0 Å². The van der Waals surface area contributed by atoms with E-state index < -0.39 is 44.5 Å². The first-order valence-corrected chi connectivity index (χ1v) is 10.1. The van der Waals surface area contributed by atoms with Crippen molar-refractivity contribution in [3.8, 4) is 0 Å². The van der Waals surface area contributed by atoms with E-state index in [1.165, 1.54) is 10.9 Å².